The van der Waals surface area contributed by atoms with Gasteiger partial charge in [0.15, 0.2) is 24.2 Å². The van der Waals surface area contributed by atoms with Crippen molar-refractivity contribution in [1.29, 1.82) is 5.26 Å². The maximum atomic E-state index is 12.9. The van der Waals surface area contributed by atoms with E-state index in [9.17, 15) is 26.9 Å². The number of fused-ring (bicyclic) bond motifs is 2. The van der Waals surface area contributed by atoms with Crippen LogP contribution >= 0.6 is 0 Å². The Morgan fingerprint density at radius 1 is 0.733 bits per heavy atom. The lowest BCUT2D eigenvalue weighted by Gasteiger charge is -2.39. The number of amides is 1. The normalized spacial score (nSPS) is 36.0. The summed E-state index contributed by atoms with van der Waals surface area (Å²) in [7, 11) is -4.82. The van der Waals surface area contributed by atoms with Gasteiger partial charge in [0.05, 0.1) is 25.8 Å². The molecule has 344 valence electrons. The molecule has 0 aromatic heterocycles. The molecule has 7 saturated heterocycles. The van der Waals surface area contributed by atoms with Crippen molar-refractivity contribution in [3.63, 3.8) is 0 Å². The van der Waals surface area contributed by atoms with Crippen LogP contribution in [0.15, 0.2) is 0 Å². The molecule has 0 saturated carbocycles. The van der Waals surface area contributed by atoms with Crippen molar-refractivity contribution in [2.45, 2.75) is 158 Å². The van der Waals surface area contributed by atoms with Crippen LogP contribution in [-0.4, -0.2) is 181 Å². The molecule has 7 aliphatic heterocycles. The summed E-state index contributed by atoms with van der Waals surface area (Å²) in [5.74, 6) is -1.69. The molecule has 0 spiro atoms. The highest BCUT2D eigenvalue weighted by atomic mass is 32.2. The first-order chi connectivity index (χ1) is 28.0. The van der Waals surface area contributed by atoms with Crippen LogP contribution in [0.1, 0.15) is 80.1 Å². The molecule has 7 rings (SSSR count). The summed E-state index contributed by atoms with van der Waals surface area (Å²) < 4.78 is 109. The maximum Gasteiger partial charge on any atom is 0.338 e. The van der Waals surface area contributed by atoms with Gasteiger partial charge in [0.1, 0.15) is 42.7 Å². The van der Waals surface area contributed by atoms with Crippen LogP contribution in [0.25, 0.3) is 0 Å². The zero-order valence-electron chi connectivity index (χ0n) is 35.9. The summed E-state index contributed by atoms with van der Waals surface area (Å²) in [6.07, 6.45) is -0.536. The Labute approximate surface area is 354 Å². The molecule has 21 nitrogen and oxygen atoms in total. The van der Waals surface area contributed by atoms with Gasteiger partial charge in [0, 0.05) is 58.0 Å². The molecular formula is C37H64N6O15S2. The van der Waals surface area contributed by atoms with E-state index in [-0.39, 0.29) is 50.3 Å². The first-order valence-electron chi connectivity index (χ1n) is 20.6. The first kappa shape index (κ1) is 47.8. The molecule has 0 aromatic rings. The van der Waals surface area contributed by atoms with Crippen molar-refractivity contribution >= 4 is 26.5 Å². The van der Waals surface area contributed by atoms with Gasteiger partial charge in [-0.25, -0.2) is 0 Å². The smallest absolute Gasteiger partial charge is 0.338 e. The van der Waals surface area contributed by atoms with Crippen LogP contribution in [0, 0.1) is 11.3 Å². The van der Waals surface area contributed by atoms with E-state index in [1.54, 1.807) is 32.6 Å². The van der Waals surface area contributed by atoms with Crippen molar-refractivity contribution in [2.24, 2.45) is 5.73 Å². The largest absolute Gasteiger partial charge is 0.353 e. The van der Waals surface area contributed by atoms with Gasteiger partial charge in [-0.3, -0.25) is 13.2 Å². The second-order valence-electron chi connectivity index (χ2n) is 17.9. The third-order valence-electron chi connectivity index (χ3n) is 12.2. The number of ether oxygens (including phenoxy) is 8. The van der Waals surface area contributed by atoms with Crippen LogP contribution in [0.4, 0.5) is 0 Å². The third-order valence-corrected chi connectivity index (χ3v) is 15.0. The third kappa shape index (κ3) is 11.1. The lowest BCUT2D eigenvalue weighted by Crippen LogP contribution is -2.55. The van der Waals surface area contributed by atoms with Gasteiger partial charge >= 0.3 is 20.6 Å². The van der Waals surface area contributed by atoms with E-state index in [1.165, 1.54) is 22.8 Å². The molecule has 9 atom stereocenters. The Bertz CT molecular complexity index is 1760. The van der Waals surface area contributed by atoms with E-state index in [0.717, 1.165) is 6.42 Å². The molecule has 3 N–H and O–H groups in total. The van der Waals surface area contributed by atoms with Crippen molar-refractivity contribution in [3.05, 3.63) is 0 Å². The standard InChI is InChI=1S/C22H36N4O8S.C15H28N2O7S/c1-21(2)33-18-16(32-20(30-4)19(18)34-21)14-31-35(28,29)25-10-7-22(3,8-11-25)24-13-17(27)26-9-5-6-15(26)12-23;1-14(2)23-11-10(22-13(20-4)12(11)24-14)9-21-25(18,19)17-7-5-15(3,16)6-8-17/h15-16,18-20,24H,5-11,13-14H2,1-4H3;10-13H,5-9,16H2,1-4H3/t15-,16+,18+,19+,20+;10-,11-,12-,13-/m01/s1. The Morgan fingerprint density at radius 2 is 1.17 bits per heavy atom. The molecule has 0 unspecified atom stereocenters. The minimum Gasteiger partial charge on any atom is -0.353 e. The Hall–Kier alpha value is -1.70. The van der Waals surface area contributed by atoms with Gasteiger partial charge in [0.25, 0.3) is 0 Å². The molecule has 7 aliphatic rings. The van der Waals surface area contributed by atoms with E-state index in [2.05, 4.69) is 11.4 Å². The number of piperidine rings is 2. The van der Waals surface area contributed by atoms with Crippen molar-refractivity contribution in [3.8, 4) is 6.07 Å². The van der Waals surface area contributed by atoms with Gasteiger partial charge in [-0.1, -0.05) is 0 Å². The zero-order chi connectivity index (χ0) is 43.9. The summed E-state index contributed by atoms with van der Waals surface area (Å²) in [6, 6.07) is 1.82. The molecule has 23 heteroatoms. The summed E-state index contributed by atoms with van der Waals surface area (Å²) in [4.78, 5) is 14.2. The summed E-state index contributed by atoms with van der Waals surface area (Å²) in [6.45, 7) is 12.6. The van der Waals surface area contributed by atoms with Crippen molar-refractivity contribution < 1.29 is 67.9 Å². The number of likely N-dealkylation sites (tertiary alicyclic amines) is 1. The van der Waals surface area contributed by atoms with E-state index >= 15 is 0 Å². The fourth-order valence-electron chi connectivity index (χ4n) is 8.58. The molecular weight excluding hydrogens is 833 g/mol. The second kappa shape index (κ2) is 18.4. The summed E-state index contributed by atoms with van der Waals surface area (Å²) in [5, 5.41) is 12.5. The number of rotatable bonds is 13. The molecule has 60 heavy (non-hydrogen) atoms. The number of nitrogens with zero attached hydrogens (tertiary/aromatic N) is 4. The maximum absolute atomic E-state index is 12.9. The van der Waals surface area contributed by atoms with Gasteiger partial charge in [-0.05, 0) is 80.1 Å². The Kier molecular flexibility index (Phi) is 14.7. The van der Waals surface area contributed by atoms with Crippen molar-refractivity contribution in [1.82, 2.24) is 18.8 Å². The Morgan fingerprint density at radius 3 is 1.60 bits per heavy atom. The molecule has 1 amide bonds. The van der Waals surface area contributed by atoms with Crippen LogP contribution in [0.5, 0.6) is 0 Å². The molecule has 0 aromatic carbocycles. The van der Waals surface area contributed by atoms with Gasteiger partial charge in [-0.2, -0.15) is 30.7 Å². The second-order valence-corrected chi connectivity index (χ2v) is 21.1. The van der Waals surface area contributed by atoms with E-state index in [4.69, 9.17) is 52.0 Å². The predicted octanol–water partition coefficient (Wildman–Crippen LogP) is 0.0503. The van der Waals surface area contributed by atoms with Gasteiger partial charge in [0.2, 0.25) is 5.91 Å². The van der Waals surface area contributed by atoms with Gasteiger partial charge < -0.3 is 53.8 Å². The highest BCUT2D eigenvalue weighted by molar-refractivity contribution is 7.84. The number of nitriles is 1. The molecule has 0 aliphatic carbocycles. The highest BCUT2D eigenvalue weighted by Crippen LogP contribution is 2.40. The molecule has 7 heterocycles. The van der Waals surface area contributed by atoms with Crippen LogP contribution in [0.2, 0.25) is 0 Å². The van der Waals surface area contributed by atoms with Crippen LogP contribution < -0.4 is 11.1 Å². The minimum atomic E-state index is -3.98. The highest BCUT2D eigenvalue weighted by Gasteiger charge is 2.57. The number of methoxy groups -OCH3 is 2. The summed E-state index contributed by atoms with van der Waals surface area (Å²) >= 11 is 0. The minimum absolute atomic E-state index is 0.0980. The number of hydrogen-bond acceptors (Lipinski definition) is 18. The SMILES string of the molecule is CO[C@@H]1O[C@H](COS(=O)(=O)N2CCC(C)(N)CC2)[C@H]2OC(C)(C)O[C@@H]12.CO[C@@H]1O[C@H](COS(=O)(=O)N2CCC(C)(NCC(=O)N3CCC[C@H]3C#N)CC2)[C@H]2OC(C)(C)O[C@@H]12. The topological polar surface area (TPSA) is 249 Å². The number of nitrogens with one attached hydrogen (secondary N) is 1. The fourth-order valence-corrected chi connectivity index (χ4v) is 10.7. The van der Waals surface area contributed by atoms with E-state index in [1.807, 2.05) is 13.8 Å². The molecule has 7 fully saturated rings. The zero-order valence-corrected chi connectivity index (χ0v) is 37.5. The monoisotopic (exact) mass is 896 g/mol. The van der Waals surface area contributed by atoms with Gasteiger partial charge in [-0.15, -0.1) is 0 Å². The van der Waals surface area contributed by atoms with E-state index < -0.39 is 86.9 Å². The number of carbonyl (C=O) groups is 1. The average molecular weight is 897 g/mol. The number of nitrogens with two attached hydrogens (primary N) is 1. The predicted molar refractivity (Wildman–Crippen MR) is 210 cm³/mol. The first-order valence-corrected chi connectivity index (χ1v) is 23.3. The fraction of sp³-hybridized carbons (Fsp3) is 0.946. The number of carbonyl (C=O) groups excluding carboxylic acids is 1. The Balaban J connectivity index is 0.000000213. The quantitative estimate of drug-likeness (QED) is 0.248. The lowest BCUT2D eigenvalue weighted by molar-refractivity contribution is -0.229. The van der Waals surface area contributed by atoms with E-state index in [0.29, 0.717) is 51.7 Å². The van der Waals surface area contributed by atoms with Crippen LogP contribution in [0.3, 0.4) is 0 Å². The lowest BCUT2D eigenvalue weighted by atomic mass is 9.90. The van der Waals surface area contributed by atoms with Crippen LogP contribution in [-0.2, 0) is 71.7 Å². The summed E-state index contributed by atoms with van der Waals surface area (Å²) in [5.41, 5.74) is 5.32. The molecule has 0 bridgehead atoms. The number of hydrogen-bond donors (Lipinski definition) is 2. The van der Waals surface area contributed by atoms with Crippen molar-refractivity contribution in [2.75, 3.05) is 66.7 Å². The molecule has 0 radical (unpaired) electrons. The average Bonchev–Trinajstić information content (AvgIpc) is 3.99.